The molecule has 214 valence electrons. The molecule has 0 fully saturated rings. The Balaban J connectivity index is 0.000000296. The number of anilines is 2. The van der Waals surface area contributed by atoms with Crippen LogP contribution < -0.4 is 9.80 Å². The quantitative estimate of drug-likeness (QED) is 0.281. The molecule has 1 N–H and O–H groups in total. The van der Waals surface area contributed by atoms with E-state index < -0.39 is 10.1 Å². The van der Waals surface area contributed by atoms with Gasteiger partial charge in [-0.3, -0.25) is 14.4 Å². The number of para-hydroxylation sites is 1. The number of carbonyl (C=O) groups is 1. The molecule has 8 heteroatoms. The molecule has 0 saturated heterocycles. The zero-order chi connectivity index (χ0) is 29.6. The molecule has 0 aromatic heterocycles. The van der Waals surface area contributed by atoms with Crippen LogP contribution in [0.2, 0.25) is 0 Å². The lowest BCUT2D eigenvalue weighted by molar-refractivity contribution is 0.248. The summed E-state index contributed by atoms with van der Waals surface area (Å²) in [5, 5.41) is 0. The number of hydrogen-bond donors (Lipinski definition) is 1. The van der Waals surface area contributed by atoms with E-state index in [0.717, 1.165) is 42.0 Å². The van der Waals surface area contributed by atoms with Crippen LogP contribution in [0.4, 0.5) is 16.2 Å². The van der Waals surface area contributed by atoms with Crippen LogP contribution in [0.5, 0.6) is 0 Å². The Hall–Kier alpha value is -3.98. The van der Waals surface area contributed by atoms with Crippen LogP contribution in [0.1, 0.15) is 11.1 Å². The molecule has 1 aliphatic heterocycles. The lowest BCUT2D eigenvalue weighted by atomic mass is 9.92. The van der Waals surface area contributed by atoms with Gasteiger partial charge in [0.15, 0.2) is 0 Å². The Kier molecular flexibility index (Phi) is 9.60. The summed E-state index contributed by atoms with van der Waals surface area (Å²) in [5.74, 6) is 0.424. The maximum Gasteiger partial charge on any atom is 0.328 e. The van der Waals surface area contributed by atoms with Gasteiger partial charge in [-0.05, 0) is 80.4 Å². The summed E-state index contributed by atoms with van der Waals surface area (Å²) in [4.78, 5) is 19.3. The fraction of sp³-hybridized carbons (Fsp3) is 0.242. The molecule has 7 nitrogen and oxygen atoms in total. The zero-order valence-electron chi connectivity index (χ0n) is 23.9. The van der Waals surface area contributed by atoms with Crippen molar-refractivity contribution in [3.8, 4) is 11.1 Å². The largest absolute Gasteiger partial charge is 0.328 e. The van der Waals surface area contributed by atoms with Crippen LogP contribution in [0, 0.1) is 12.8 Å². The molecule has 0 saturated carbocycles. The van der Waals surface area contributed by atoms with Crippen molar-refractivity contribution in [3.05, 3.63) is 114 Å². The summed E-state index contributed by atoms with van der Waals surface area (Å²) in [5.41, 5.74) is 6.45. The molecule has 1 atom stereocenters. The molecule has 41 heavy (non-hydrogen) atoms. The van der Waals surface area contributed by atoms with Gasteiger partial charge in [0.25, 0.3) is 10.1 Å². The fourth-order valence-electron chi connectivity index (χ4n) is 5.01. The van der Waals surface area contributed by atoms with Gasteiger partial charge in [0.05, 0.1) is 4.90 Å². The van der Waals surface area contributed by atoms with E-state index in [1.807, 2.05) is 55.3 Å². The highest BCUT2D eigenvalue weighted by molar-refractivity contribution is 7.85. The number of rotatable bonds is 5. The molecule has 1 unspecified atom stereocenters. The van der Waals surface area contributed by atoms with E-state index in [0.29, 0.717) is 5.92 Å². The Morgan fingerprint density at radius 2 is 1.41 bits per heavy atom. The zero-order valence-corrected chi connectivity index (χ0v) is 24.8. The van der Waals surface area contributed by atoms with E-state index in [1.165, 1.54) is 23.3 Å². The molecular formula is C33H37N3O4S. The smallest absolute Gasteiger partial charge is 0.309 e. The van der Waals surface area contributed by atoms with Gasteiger partial charge in [-0.2, -0.15) is 8.42 Å². The molecular weight excluding hydrogens is 534 g/mol. The molecule has 5 rings (SSSR count). The van der Waals surface area contributed by atoms with E-state index >= 15 is 0 Å². The average Bonchev–Trinajstić information content (AvgIpc) is 2.96. The average molecular weight is 572 g/mol. The van der Waals surface area contributed by atoms with Crippen molar-refractivity contribution in [1.29, 1.82) is 0 Å². The van der Waals surface area contributed by atoms with Crippen molar-refractivity contribution < 1.29 is 17.8 Å². The second-order valence-corrected chi connectivity index (χ2v) is 12.0. The van der Waals surface area contributed by atoms with Crippen LogP contribution in [0.3, 0.4) is 0 Å². The minimum absolute atomic E-state index is 0.0124. The standard InChI is InChI=1S/C26H29N3O.C7H8O3S/c1-27(2)18-20-17-23-11-7-8-12-25(23)29(19-20)26(30)28(3)24-15-13-22(14-16-24)21-9-5-4-6-10-21;1-6-2-4-7(5-3-6)11(8,9)10/h4-16,20H,17-19H2,1-3H3;2-5H,1H3,(H,8,9,10). The van der Waals surface area contributed by atoms with Crippen LogP contribution in [0.25, 0.3) is 11.1 Å². The van der Waals surface area contributed by atoms with Gasteiger partial charge in [-0.1, -0.05) is 78.4 Å². The lowest BCUT2D eigenvalue weighted by Crippen LogP contribution is -2.48. The van der Waals surface area contributed by atoms with Crippen LogP contribution in [-0.2, 0) is 16.5 Å². The van der Waals surface area contributed by atoms with Crippen molar-refractivity contribution in [3.63, 3.8) is 0 Å². The lowest BCUT2D eigenvalue weighted by Gasteiger charge is -2.37. The van der Waals surface area contributed by atoms with E-state index in [2.05, 4.69) is 61.5 Å². The number of hydrogen-bond acceptors (Lipinski definition) is 4. The summed E-state index contributed by atoms with van der Waals surface area (Å²) in [6.07, 6.45) is 1.01. The molecule has 0 aliphatic carbocycles. The predicted octanol–water partition coefficient (Wildman–Crippen LogP) is 6.39. The number of fused-ring (bicyclic) bond motifs is 1. The van der Waals surface area contributed by atoms with Crippen LogP contribution >= 0.6 is 0 Å². The fourth-order valence-corrected chi connectivity index (χ4v) is 5.49. The van der Waals surface area contributed by atoms with Gasteiger partial charge in [0, 0.05) is 31.5 Å². The number of aryl methyl sites for hydroxylation is 1. The van der Waals surface area contributed by atoms with Crippen LogP contribution in [-0.4, -0.2) is 58.1 Å². The first kappa shape index (κ1) is 30.0. The summed E-state index contributed by atoms with van der Waals surface area (Å²) in [6, 6.07) is 32.8. The van der Waals surface area contributed by atoms with Crippen molar-refractivity contribution >= 4 is 27.5 Å². The van der Waals surface area contributed by atoms with E-state index in [4.69, 9.17) is 4.55 Å². The first-order chi connectivity index (χ1) is 19.5. The molecule has 1 aliphatic rings. The Morgan fingerprint density at radius 1 is 0.829 bits per heavy atom. The summed E-state index contributed by atoms with van der Waals surface area (Å²) in [6.45, 7) is 3.54. The van der Waals surface area contributed by atoms with Gasteiger partial charge in [0.1, 0.15) is 0 Å². The van der Waals surface area contributed by atoms with Crippen molar-refractivity contribution in [2.24, 2.45) is 5.92 Å². The topological polar surface area (TPSA) is 81.2 Å². The maximum absolute atomic E-state index is 13.5. The Bertz CT molecular complexity index is 1550. The van der Waals surface area contributed by atoms with Gasteiger partial charge in [0.2, 0.25) is 0 Å². The van der Waals surface area contributed by atoms with Crippen molar-refractivity contribution in [2.75, 3.05) is 44.0 Å². The second-order valence-electron chi connectivity index (χ2n) is 10.6. The van der Waals surface area contributed by atoms with Gasteiger partial charge >= 0.3 is 6.03 Å². The Morgan fingerprint density at radius 3 is 2.02 bits per heavy atom. The molecule has 0 radical (unpaired) electrons. The highest BCUT2D eigenvalue weighted by Crippen LogP contribution is 2.32. The molecule has 4 aromatic carbocycles. The first-order valence-corrected chi connectivity index (χ1v) is 14.9. The van der Waals surface area contributed by atoms with Gasteiger partial charge in [-0.15, -0.1) is 0 Å². The van der Waals surface area contributed by atoms with E-state index in [-0.39, 0.29) is 10.9 Å². The first-order valence-electron chi connectivity index (χ1n) is 13.5. The SMILES string of the molecule is CN(C)CC1Cc2ccccc2N(C(=O)N(C)c2ccc(-c3ccccc3)cc2)C1.Cc1ccc(S(=O)(=O)O)cc1. The normalized spacial score (nSPS) is 14.6. The monoisotopic (exact) mass is 571 g/mol. The molecule has 0 bridgehead atoms. The third-order valence-electron chi connectivity index (χ3n) is 7.05. The molecule has 4 aromatic rings. The summed E-state index contributed by atoms with van der Waals surface area (Å²) < 4.78 is 29.6. The van der Waals surface area contributed by atoms with E-state index in [1.54, 1.807) is 17.0 Å². The maximum atomic E-state index is 13.5. The number of amides is 2. The molecule has 2 amide bonds. The highest BCUT2D eigenvalue weighted by atomic mass is 32.2. The number of benzene rings is 4. The van der Waals surface area contributed by atoms with Gasteiger partial charge < -0.3 is 4.90 Å². The molecule has 1 heterocycles. The number of carbonyl (C=O) groups excluding carboxylic acids is 1. The van der Waals surface area contributed by atoms with Crippen molar-refractivity contribution in [1.82, 2.24) is 4.90 Å². The minimum Gasteiger partial charge on any atom is -0.309 e. The summed E-state index contributed by atoms with van der Waals surface area (Å²) >= 11 is 0. The van der Waals surface area contributed by atoms with Crippen LogP contribution in [0.15, 0.2) is 108 Å². The number of nitrogens with zero attached hydrogens (tertiary/aromatic N) is 3. The third kappa shape index (κ3) is 7.82. The second kappa shape index (κ2) is 13.1. The minimum atomic E-state index is -4.02. The third-order valence-corrected chi connectivity index (χ3v) is 7.92. The van der Waals surface area contributed by atoms with E-state index in [9.17, 15) is 13.2 Å². The summed E-state index contributed by atoms with van der Waals surface area (Å²) in [7, 11) is 2.02. The number of urea groups is 1. The Labute approximate surface area is 243 Å². The van der Waals surface area contributed by atoms with Gasteiger partial charge in [-0.25, -0.2) is 4.79 Å². The highest BCUT2D eigenvalue weighted by Gasteiger charge is 2.30. The van der Waals surface area contributed by atoms with Crippen molar-refractivity contribution in [2.45, 2.75) is 18.2 Å². The predicted molar refractivity (Wildman–Crippen MR) is 166 cm³/mol. The molecule has 0 spiro atoms.